The summed E-state index contributed by atoms with van der Waals surface area (Å²) in [5.74, 6) is 0.841. The molecule has 1 aromatic rings. The van der Waals surface area contributed by atoms with Crippen molar-refractivity contribution in [3.05, 3.63) is 18.0 Å². The summed E-state index contributed by atoms with van der Waals surface area (Å²) in [5.41, 5.74) is 0.443. The standard InChI is InChI=1S/C14H19ClN2O3S/c1-9-6-16(7-10(9)2)14(18)13-5-12(21(15,19)20)8-17(13)11-3-4-11/h5,8-11H,3-4,6-7H2,1-2H3. The van der Waals surface area contributed by atoms with E-state index >= 15 is 0 Å². The van der Waals surface area contributed by atoms with Gasteiger partial charge < -0.3 is 9.47 Å². The van der Waals surface area contributed by atoms with E-state index in [2.05, 4.69) is 13.8 Å². The fraction of sp³-hybridized carbons (Fsp3) is 0.643. The molecule has 5 nitrogen and oxygen atoms in total. The Balaban J connectivity index is 1.94. The van der Waals surface area contributed by atoms with Gasteiger partial charge in [0.1, 0.15) is 10.6 Å². The Morgan fingerprint density at radius 3 is 2.29 bits per heavy atom. The summed E-state index contributed by atoms with van der Waals surface area (Å²) in [6.45, 7) is 5.71. The van der Waals surface area contributed by atoms with Gasteiger partial charge in [0.2, 0.25) is 0 Å². The Kier molecular flexibility index (Phi) is 3.56. The van der Waals surface area contributed by atoms with Gasteiger partial charge in [0.15, 0.2) is 0 Å². The minimum Gasteiger partial charge on any atom is -0.339 e. The van der Waals surface area contributed by atoms with Crippen LogP contribution in [0.15, 0.2) is 17.2 Å². The van der Waals surface area contributed by atoms with E-state index in [4.69, 9.17) is 10.7 Å². The number of carbonyl (C=O) groups is 1. The largest absolute Gasteiger partial charge is 0.339 e. The second kappa shape index (κ2) is 5.02. The van der Waals surface area contributed by atoms with E-state index < -0.39 is 9.05 Å². The van der Waals surface area contributed by atoms with Gasteiger partial charge in [-0.05, 0) is 30.7 Å². The summed E-state index contributed by atoms with van der Waals surface area (Å²) in [7, 11) is 1.61. The first kappa shape index (κ1) is 14.9. The van der Waals surface area contributed by atoms with Crippen LogP contribution in [0.25, 0.3) is 0 Å². The molecule has 7 heteroatoms. The lowest BCUT2D eigenvalue weighted by Gasteiger charge is -2.17. The third-order valence-corrected chi connectivity index (χ3v) is 5.86. The molecule has 2 fully saturated rings. The van der Waals surface area contributed by atoms with E-state index in [0.717, 1.165) is 25.9 Å². The summed E-state index contributed by atoms with van der Waals surface area (Å²) in [6.07, 6.45) is 3.45. The molecule has 21 heavy (non-hydrogen) atoms. The van der Waals surface area contributed by atoms with Crippen LogP contribution in [-0.4, -0.2) is 36.9 Å². The maximum Gasteiger partial charge on any atom is 0.270 e. The van der Waals surface area contributed by atoms with E-state index in [1.54, 1.807) is 4.57 Å². The molecule has 1 saturated carbocycles. The van der Waals surface area contributed by atoms with Gasteiger partial charge in [0, 0.05) is 36.0 Å². The van der Waals surface area contributed by atoms with Crippen molar-refractivity contribution in [1.82, 2.24) is 9.47 Å². The number of hydrogen-bond acceptors (Lipinski definition) is 3. The van der Waals surface area contributed by atoms with Gasteiger partial charge in [-0.1, -0.05) is 13.8 Å². The Morgan fingerprint density at radius 2 is 1.81 bits per heavy atom. The number of aromatic nitrogens is 1. The first-order valence-electron chi connectivity index (χ1n) is 7.23. The lowest BCUT2D eigenvalue weighted by atomic mass is 10.0. The number of hydrogen-bond donors (Lipinski definition) is 0. The van der Waals surface area contributed by atoms with Crippen LogP contribution in [0.4, 0.5) is 0 Å². The molecule has 1 aliphatic carbocycles. The molecule has 2 atom stereocenters. The van der Waals surface area contributed by atoms with Crippen molar-refractivity contribution in [2.24, 2.45) is 11.8 Å². The average Bonchev–Trinajstić information content (AvgIpc) is 3.04. The minimum absolute atomic E-state index is 0.0136. The summed E-state index contributed by atoms with van der Waals surface area (Å²) >= 11 is 0. The molecule has 3 rings (SSSR count). The Hall–Kier alpha value is -1.01. The second-order valence-electron chi connectivity index (χ2n) is 6.30. The first-order chi connectivity index (χ1) is 9.77. The van der Waals surface area contributed by atoms with Crippen LogP contribution in [-0.2, 0) is 9.05 Å². The number of amides is 1. The highest BCUT2D eigenvalue weighted by Crippen LogP contribution is 2.38. The van der Waals surface area contributed by atoms with E-state index in [1.807, 2.05) is 4.90 Å². The van der Waals surface area contributed by atoms with E-state index in [9.17, 15) is 13.2 Å². The molecule has 0 radical (unpaired) electrons. The Morgan fingerprint density at radius 1 is 1.24 bits per heavy atom. The van der Waals surface area contributed by atoms with Gasteiger partial charge in [-0.25, -0.2) is 8.42 Å². The minimum atomic E-state index is -3.81. The van der Waals surface area contributed by atoms with Crippen molar-refractivity contribution in [3.63, 3.8) is 0 Å². The van der Waals surface area contributed by atoms with Gasteiger partial charge in [-0.2, -0.15) is 0 Å². The molecule has 1 aliphatic heterocycles. The van der Waals surface area contributed by atoms with Crippen molar-refractivity contribution >= 4 is 25.6 Å². The van der Waals surface area contributed by atoms with Gasteiger partial charge in [-0.15, -0.1) is 0 Å². The first-order valence-corrected chi connectivity index (χ1v) is 9.54. The second-order valence-corrected chi connectivity index (χ2v) is 8.87. The molecule has 0 bridgehead atoms. The maximum absolute atomic E-state index is 12.7. The summed E-state index contributed by atoms with van der Waals surface area (Å²) in [6, 6.07) is 1.64. The van der Waals surface area contributed by atoms with Gasteiger partial charge in [0.25, 0.3) is 15.0 Å². The molecule has 1 aromatic heterocycles. The SMILES string of the molecule is CC1CN(C(=O)c2cc(S(=O)(=O)Cl)cn2C2CC2)CC1C. The normalized spacial score (nSPS) is 26.3. The molecule has 2 aliphatic rings. The van der Waals surface area contributed by atoms with Crippen LogP contribution in [0.3, 0.4) is 0 Å². The molecule has 2 heterocycles. The molecule has 0 spiro atoms. The smallest absolute Gasteiger partial charge is 0.270 e. The van der Waals surface area contributed by atoms with Crippen molar-refractivity contribution in [2.45, 2.75) is 37.6 Å². The molecule has 0 N–H and O–H groups in total. The maximum atomic E-state index is 12.7. The zero-order valence-electron chi connectivity index (χ0n) is 12.1. The Bertz CT molecular complexity index is 668. The van der Waals surface area contributed by atoms with Crippen molar-refractivity contribution in [1.29, 1.82) is 0 Å². The molecule has 2 unspecified atom stereocenters. The fourth-order valence-electron chi connectivity index (χ4n) is 2.87. The fourth-order valence-corrected chi connectivity index (χ4v) is 3.62. The number of nitrogens with zero attached hydrogens (tertiary/aromatic N) is 2. The van der Waals surface area contributed by atoms with E-state index in [1.165, 1.54) is 12.3 Å². The topological polar surface area (TPSA) is 59.4 Å². The van der Waals surface area contributed by atoms with Gasteiger partial charge in [-0.3, -0.25) is 4.79 Å². The van der Waals surface area contributed by atoms with Crippen molar-refractivity contribution < 1.29 is 13.2 Å². The van der Waals surface area contributed by atoms with Crippen LogP contribution in [0.2, 0.25) is 0 Å². The molecule has 1 saturated heterocycles. The van der Waals surface area contributed by atoms with Crippen LogP contribution in [0.5, 0.6) is 0 Å². The van der Waals surface area contributed by atoms with Gasteiger partial charge >= 0.3 is 0 Å². The molecular weight excluding hydrogens is 312 g/mol. The lowest BCUT2D eigenvalue weighted by Crippen LogP contribution is -2.30. The van der Waals surface area contributed by atoms with Crippen molar-refractivity contribution in [3.8, 4) is 0 Å². The number of rotatable bonds is 3. The third-order valence-electron chi connectivity index (χ3n) is 4.54. The highest BCUT2D eigenvalue weighted by atomic mass is 35.7. The van der Waals surface area contributed by atoms with Gasteiger partial charge in [0.05, 0.1) is 0 Å². The van der Waals surface area contributed by atoms with Crippen LogP contribution in [0, 0.1) is 11.8 Å². The number of likely N-dealkylation sites (tertiary alicyclic amines) is 1. The predicted octanol–water partition coefficient (Wildman–Crippen LogP) is 2.48. The van der Waals surface area contributed by atoms with E-state index in [-0.39, 0.29) is 16.8 Å². The average molecular weight is 331 g/mol. The molecule has 0 aromatic carbocycles. The molecule has 1 amide bonds. The highest BCUT2D eigenvalue weighted by Gasteiger charge is 2.35. The summed E-state index contributed by atoms with van der Waals surface area (Å²) in [4.78, 5) is 14.5. The predicted molar refractivity (Wildman–Crippen MR) is 80.0 cm³/mol. The van der Waals surface area contributed by atoms with Crippen LogP contribution in [0.1, 0.15) is 43.2 Å². The number of carbonyl (C=O) groups excluding carboxylic acids is 1. The van der Waals surface area contributed by atoms with Crippen LogP contribution < -0.4 is 0 Å². The molecular formula is C14H19ClN2O3S. The monoisotopic (exact) mass is 330 g/mol. The summed E-state index contributed by atoms with van der Waals surface area (Å²) < 4.78 is 24.8. The Labute approximate surface area is 129 Å². The van der Waals surface area contributed by atoms with E-state index in [0.29, 0.717) is 17.5 Å². The van der Waals surface area contributed by atoms with Crippen LogP contribution >= 0.6 is 10.7 Å². The molecule has 116 valence electrons. The zero-order chi connectivity index (χ0) is 15.4. The lowest BCUT2D eigenvalue weighted by molar-refractivity contribution is 0.0774. The number of halogens is 1. The highest BCUT2D eigenvalue weighted by molar-refractivity contribution is 8.13. The van der Waals surface area contributed by atoms with Crippen molar-refractivity contribution in [2.75, 3.05) is 13.1 Å². The third kappa shape index (κ3) is 2.83. The quantitative estimate of drug-likeness (QED) is 0.800. The zero-order valence-corrected chi connectivity index (χ0v) is 13.7. The summed E-state index contributed by atoms with van der Waals surface area (Å²) in [5, 5.41) is 0.